The SMILES string of the molecule is COC(=O)C(CC(C)C)NC(=O)C(C)NC(=O)CNC(=O)/C(=C/c1ccccc1)NC(=O)C(C)(C)C. The highest BCUT2D eigenvalue weighted by atomic mass is 16.5. The lowest BCUT2D eigenvalue weighted by atomic mass is 9.95. The molecule has 1 rings (SSSR count). The third-order valence-electron chi connectivity index (χ3n) is 4.97. The van der Waals surface area contributed by atoms with Gasteiger partial charge in [-0.3, -0.25) is 19.2 Å². The highest BCUT2D eigenvalue weighted by molar-refractivity contribution is 6.03. The van der Waals surface area contributed by atoms with Crippen LogP contribution in [0.2, 0.25) is 0 Å². The summed E-state index contributed by atoms with van der Waals surface area (Å²) in [6.07, 6.45) is 1.89. The van der Waals surface area contributed by atoms with Gasteiger partial charge in [0.1, 0.15) is 17.8 Å². The van der Waals surface area contributed by atoms with Crippen LogP contribution in [0, 0.1) is 11.3 Å². The van der Waals surface area contributed by atoms with Crippen LogP contribution < -0.4 is 21.3 Å². The highest BCUT2D eigenvalue weighted by Crippen LogP contribution is 2.14. The van der Waals surface area contributed by atoms with E-state index in [9.17, 15) is 24.0 Å². The first-order valence-electron chi connectivity index (χ1n) is 11.8. The number of carbonyl (C=O) groups excluding carboxylic acids is 5. The number of hydrogen-bond donors (Lipinski definition) is 4. The van der Waals surface area contributed by atoms with Gasteiger partial charge in [0, 0.05) is 5.41 Å². The van der Waals surface area contributed by atoms with E-state index in [0.717, 1.165) is 0 Å². The van der Waals surface area contributed by atoms with Gasteiger partial charge in [-0.05, 0) is 30.9 Å². The highest BCUT2D eigenvalue weighted by Gasteiger charge is 2.27. The quantitative estimate of drug-likeness (QED) is 0.267. The monoisotopic (exact) mass is 502 g/mol. The zero-order valence-electron chi connectivity index (χ0n) is 22.1. The summed E-state index contributed by atoms with van der Waals surface area (Å²) < 4.78 is 4.73. The second-order valence-electron chi connectivity index (χ2n) is 9.86. The van der Waals surface area contributed by atoms with Crippen molar-refractivity contribution >= 4 is 35.7 Å². The number of ether oxygens (including phenoxy) is 1. The number of nitrogens with one attached hydrogen (secondary N) is 4. The van der Waals surface area contributed by atoms with E-state index in [1.54, 1.807) is 45.0 Å². The van der Waals surface area contributed by atoms with E-state index >= 15 is 0 Å². The number of esters is 1. The molecule has 0 aromatic heterocycles. The fraction of sp³-hybridized carbons (Fsp3) is 0.500. The van der Waals surface area contributed by atoms with E-state index in [0.29, 0.717) is 12.0 Å². The van der Waals surface area contributed by atoms with Crippen molar-refractivity contribution in [3.8, 4) is 0 Å². The Bertz CT molecular complexity index is 966. The minimum Gasteiger partial charge on any atom is -0.467 e. The molecule has 1 aromatic rings. The molecule has 0 radical (unpaired) electrons. The van der Waals surface area contributed by atoms with Gasteiger partial charge in [-0.1, -0.05) is 65.0 Å². The maximum atomic E-state index is 12.8. The normalized spacial score (nSPS) is 13.3. The molecule has 10 nitrogen and oxygen atoms in total. The molecule has 198 valence electrons. The van der Waals surface area contributed by atoms with E-state index < -0.39 is 47.7 Å². The number of hydrogen-bond acceptors (Lipinski definition) is 6. The first kappa shape index (κ1) is 30.3. The molecule has 0 fully saturated rings. The Morgan fingerprint density at radius 2 is 1.58 bits per heavy atom. The van der Waals surface area contributed by atoms with Gasteiger partial charge in [-0.2, -0.15) is 0 Å². The van der Waals surface area contributed by atoms with Gasteiger partial charge in [0.05, 0.1) is 13.7 Å². The number of benzene rings is 1. The summed E-state index contributed by atoms with van der Waals surface area (Å²) >= 11 is 0. The molecule has 1 aromatic carbocycles. The van der Waals surface area contributed by atoms with Gasteiger partial charge < -0.3 is 26.0 Å². The van der Waals surface area contributed by atoms with E-state index in [2.05, 4.69) is 21.3 Å². The van der Waals surface area contributed by atoms with Gasteiger partial charge in [0.15, 0.2) is 0 Å². The fourth-order valence-corrected chi connectivity index (χ4v) is 2.92. The van der Waals surface area contributed by atoms with Crippen LogP contribution in [0.1, 0.15) is 53.5 Å². The Morgan fingerprint density at radius 3 is 2.11 bits per heavy atom. The summed E-state index contributed by atoms with van der Waals surface area (Å²) in [5, 5.41) is 10.1. The Balaban J connectivity index is 2.79. The predicted octanol–water partition coefficient (Wildman–Crippen LogP) is 1.51. The summed E-state index contributed by atoms with van der Waals surface area (Å²) in [6.45, 7) is 9.98. The molecule has 0 aliphatic carbocycles. The maximum Gasteiger partial charge on any atom is 0.328 e. The van der Waals surface area contributed by atoms with Gasteiger partial charge >= 0.3 is 5.97 Å². The lowest BCUT2D eigenvalue weighted by Gasteiger charge is -2.21. The zero-order chi connectivity index (χ0) is 27.5. The summed E-state index contributed by atoms with van der Waals surface area (Å²) in [5.41, 5.74) is -0.0732. The lowest BCUT2D eigenvalue weighted by molar-refractivity contribution is -0.145. The summed E-state index contributed by atoms with van der Waals surface area (Å²) in [6, 6.07) is 7.14. The molecular weight excluding hydrogens is 464 g/mol. The first-order chi connectivity index (χ1) is 16.7. The molecule has 0 aliphatic rings. The topological polar surface area (TPSA) is 143 Å². The van der Waals surface area contributed by atoms with E-state index in [1.807, 2.05) is 19.9 Å². The van der Waals surface area contributed by atoms with Crippen molar-refractivity contribution in [1.29, 1.82) is 0 Å². The van der Waals surface area contributed by atoms with Crippen LogP contribution >= 0.6 is 0 Å². The Labute approximate surface area is 212 Å². The van der Waals surface area contributed by atoms with Gasteiger partial charge in [-0.25, -0.2) is 4.79 Å². The van der Waals surface area contributed by atoms with Crippen LogP contribution in [-0.4, -0.2) is 55.3 Å². The Kier molecular flexibility index (Phi) is 11.8. The third-order valence-corrected chi connectivity index (χ3v) is 4.97. The lowest BCUT2D eigenvalue weighted by Crippen LogP contribution is -2.52. The molecule has 10 heteroatoms. The average Bonchev–Trinajstić information content (AvgIpc) is 2.80. The van der Waals surface area contributed by atoms with Crippen LogP contribution in [-0.2, 0) is 28.7 Å². The van der Waals surface area contributed by atoms with Crippen molar-refractivity contribution in [3.05, 3.63) is 41.6 Å². The smallest absolute Gasteiger partial charge is 0.328 e. The van der Waals surface area contributed by atoms with E-state index in [1.165, 1.54) is 20.1 Å². The molecule has 0 saturated heterocycles. The van der Waals surface area contributed by atoms with Crippen molar-refractivity contribution in [2.45, 2.75) is 60.0 Å². The standard InChI is InChI=1S/C26H38N4O6/c1-16(2)13-20(24(34)36-7)29-22(32)17(3)28-21(31)15-27-23(33)19(30-25(35)26(4,5)6)14-18-11-9-8-10-12-18/h8-12,14,16-17,20H,13,15H2,1-7H3,(H,27,33)(H,28,31)(H,29,32)(H,30,35)/b19-14-. The second-order valence-corrected chi connectivity index (χ2v) is 9.86. The third kappa shape index (κ3) is 10.7. The van der Waals surface area contributed by atoms with Crippen LogP contribution in [0.5, 0.6) is 0 Å². The summed E-state index contributed by atoms with van der Waals surface area (Å²) in [5.74, 6) is -2.65. The van der Waals surface area contributed by atoms with Crippen molar-refractivity contribution < 1.29 is 28.7 Å². The van der Waals surface area contributed by atoms with E-state index in [-0.39, 0.29) is 17.5 Å². The molecular formula is C26H38N4O6. The minimum absolute atomic E-state index is 0.0191. The van der Waals surface area contributed by atoms with Crippen LogP contribution in [0.4, 0.5) is 0 Å². The molecule has 0 aliphatic heterocycles. The van der Waals surface area contributed by atoms with Gasteiger partial charge in [0.2, 0.25) is 17.7 Å². The molecule has 0 heterocycles. The molecule has 4 amide bonds. The molecule has 0 spiro atoms. The van der Waals surface area contributed by atoms with Gasteiger partial charge in [-0.15, -0.1) is 0 Å². The predicted molar refractivity (Wildman–Crippen MR) is 136 cm³/mol. The zero-order valence-corrected chi connectivity index (χ0v) is 22.1. The number of methoxy groups -OCH3 is 1. The largest absolute Gasteiger partial charge is 0.467 e. The number of carbonyl (C=O) groups is 5. The summed E-state index contributed by atoms with van der Waals surface area (Å²) in [7, 11) is 1.24. The molecule has 0 saturated carbocycles. The molecule has 0 bridgehead atoms. The van der Waals surface area contributed by atoms with Crippen molar-refractivity contribution in [3.63, 3.8) is 0 Å². The molecule has 36 heavy (non-hydrogen) atoms. The van der Waals surface area contributed by atoms with Crippen molar-refractivity contribution in [2.75, 3.05) is 13.7 Å². The summed E-state index contributed by atoms with van der Waals surface area (Å²) in [4.78, 5) is 62.0. The second kappa shape index (κ2) is 14.0. The van der Waals surface area contributed by atoms with Gasteiger partial charge in [0.25, 0.3) is 5.91 Å². The Morgan fingerprint density at radius 1 is 0.972 bits per heavy atom. The Hall–Kier alpha value is -3.69. The van der Waals surface area contributed by atoms with E-state index in [4.69, 9.17) is 4.74 Å². The molecule has 2 atom stereocenters. The van der Waals surface area contributed by atoms with Crippen LogP contribution in [0.25, 0.3) is 6.08 Å². The molecule has 2 unspecified atom stereocenters. The van der Waals surface area contributed by atoms with Crippen LogP contribution in [0.3, 0.4) is 0 Å². The van der Waals surface area contributed by atoms with Crippen molar-refractivity contribution in [1.82, 2.24) is 21.3 Å². The van der Waals surface area contributed by atoms with Crippen LogP contribution in [0.15, 0.2) is 36.0 Å². The van der Waals surface area contributed by atoms with Crippen molar-refractivity contribution in [2.24, 2.45) is 11.3 Å². The maximum absolute atomic E-state index is 12.8. The number of amides is 4. The number of rotatable bonds is 11. The fourth-order valence-electron chi connectivity index (χ4n) is 2.92. The molecule has 4 N–H and O–H groups in total. The first-order valence-corrected chi connectivity index (χ1v) is 11.8. The minimum atomic E-state index is -0.964. The average molecular weight is 503 g/mol.